The Kier molecular flexibility index (Phi) is 7.79. The molecule has 4 rings (SSSR count). The highest BCUT2D eigenvalue weighted by Gasteiger charge is 2.26. The maximum absolute atomic E-state index is 14.8. The molecule has 0 heterocycles. The molecule has 3 aromatic carbocycles. The summed E-state index contributed by atoms with van der Waals surface area (Å²) in [6.45, 7) is 4.40. The van der Waals surface area contributed by atoms with Crippen LogP contribution in [0.25, 0.3) is 11.1 Å². The van der Waals surface area contributed by atoms with Gasteiger partial charge >= 0.3 is 5.97 Å². The Labute approximate surface area is 203 Å². The summed E-state index contributed by atoms with van der Waals surface area (Å²) in [5, 5.41) is 0. The lowest BCUT2D eigenvalue weighted by atomic mass is 9.77. The number of carbonyl (C=O) groups excluding carboxylic acids is 1. The average molecular weight is 483 g/mol. The molecule has 0 aliphatic heterocycles. The maximum atomic E-state index is 14.8. The molecule has 184 valence electrons. The molecule has 0 atom stereocenters. The lowest BCUT2D eigenvalue weighted by molar-refractivity contribution is 0.0726. The fourth-order valence-electron chi connectivity index (χ4n) is 4.75. The van der Waals surface area contributed by atoms with Gasteiger partial charge < -0.3 is 9.47 Å². The number of halogens is 3. The first kappa shape index (κ1) is 24.8. The SMILES string of the molecule is CCOc1ccc(-c2ccc(C(=O)Oc3ccc(C4CCC(CC)CC4)c(F)c3F)cc2)c(F)c1. The molecule has 1 aliphatic carbocycles. The molecule has 0 bridgehead atoms. The topological polar surface area (TPSA) is 35.5 Å². The van der Waals surface area contributed by atoms with E-state index in [2.05, 4.69) is 6.92 Å². The lowest BCUT2D eigenvalue weighted by Gasteiger charge is -2.28. The van der Waals surface area contributed by atoms with Gasteiger partial charge in [0.05, 0.1) is 12.2 Å². The van der Waals surface area contributed by atoms with Gasteiger partial charge in [-0.3, -0.25) is 0 Å². The molecule has 0 radical (unpaired) electrons. The molecular formula is C29H29F3O3. The van der Waals surface area contributed by atoms with E-state index in [1.807, 2.05) is 6.92 Å². The van der Waals surface area contributed by atoms with E-state index in [1.54, 1.807) is 24.3 Å². The van der Waals surface area contributed by atoms with Crippen LogP contribution in [-0.2, 0) is 0 Å². The molecule has 0 N–H and O–H groups in total. The van der Waals surface area contributed by atoms with Crippen molar-refractivity contribution in [2.24, 2.45) is 5.92 Å². The van der Waals surface area contributed by atoms with Crippen LogP contribution in [0.5, 0.6) is 11.5 Å². The molecule has 1 saturated carbocycles. The van der Waals surface area contributed by atoms with Crippen LogP contribution >= 0.6 is 0 Å². The summed E-state index contributed by atoms with van der Waals surface area (Å²) < 4.78 is 54.5. The molecule has 1 aliphatic rings. The average Bonchev–Trinajstić information content (AvgIpc) is 2.87. The molecule has 0 aromatic heterocycles. The fraction of sp³-hybridized carbons (Fsp3) is 0.345. The summed E-state index contributed by atoms with van der Waals surface area (Å²) in [5.74, 6) is -2.75. The van der Waals surface area contributed by atoms with Gasteiger partial charge in [0.1, 0.15) is 11.6 Å². The normalized spacial score (nSPS) is 17.7. The van der Waals surface area contributed by atoms with Crippen LogP contribution in [0.15, 0.2) is 54.6 Å². The van der Waals surface area contributed by atoms with Crippen LogP contribution in [0.3, 0.4) is 0 Å². The van der Waals surface area contributed by atoms with Crippen LogP contribution in [0.4, 0.5) is 13.2 Å². The highest BCUT2D eigenvalue weighted by molar-refractivity contribution is 5.91. The molecule has 0 unspecified atom stereocenters. The number of hydrogen-bond acceptors (Lipinski definition) is 3. The minimum Gasteiger partial charge on any atom is -0.494 e. The van der Waals surface area contributed by atoms with Gasteiger partial charge in [-0.2, -0.15) is 4.39 Å². The third kappa shape index (κ3) is 5.53. The molecule has 0 amide bonds. The van der Waals surface area contributed by atoms with Gasteiger partial charge in [0.2, 0.25) is 5.82 Å². The van der Waals surface area contributed by atoms with Crippen molar-refractivity contribution in [2.75, 3.05) is 6.61 Å². The Morgan fingerprint density at radius 3 is 2.23 bits per heavy atom. The Balaban J connectivity index is 1.46. The first-order valence-corrected chi connectivity index (χ1v) is 12.1. The molecule has 0 spiro atoms. The van der Waals surface area contributed by atoms with Crippen molar-refractivity contribution in [3.05, 3.63) is 83.2 Å². The standard InChI is InChI=1S/C29H29F3O3/c1-3-18-5-7-20(8-6-18)24-15-16-26(28(32)27(24)31)35-29(33)21-11-9-19(10-12-21)23-14-13-22(34-4-2)17-25(23)30/h9-18,20H,3-8H2,1-2H3. The Hall–Kier alpha value is -3.28. The van der Waals surface area contributed by atoms with E-state index in [0.29, 0.717) is 35.0 Å². The van der Waals surface area contributed by atoms with E-state index in [0.717, 1.165) is 32.1 Å². The predicted molar refractivity (Wildman–Crippen MR) is 129 cm³/mol. The number of ether oxygens (including phenoxy) is 2. The van der Waals surface area contributed by atoms with Crippen LogP contribution in [0.1, 0.15) is 67.8 Å². The second kappa shape index (κ2) is 11.0. The zero-order chi connectivity index (χ0) is 24.9. The molecular weight excluding hydrogens is 453 g/mol. The van der Waals surface area contributed by atoms with E-state index in [-0.39, 0.29) is 11.5 Å². The fourth-order valence-corrected chi connectivity index (χ4v) is 4.75. The summed E-state index contributed by atoms with van der Waals surface area (Å²) in [7, 11) is 0. The highest BCUT2D eigenvalue weighted by atomic mass is 19.2. The van der Waals surface area contributed by atoms with Gasteiger partial charge in [0.15, 0.2) is 11.6 Å². The van der Waals surface area contributed by atoms with Crippen molar-refractivity contribution in [1.29, 1.82) is 0 Å². The van der Waals surface area contributed by atoms with Gasteiger partial charge in [0, 0.05) is 11.6 Å². The zero-order valence-electron chi connectivity index (χ0n) is 20.0. The summed E-state index contributed by atoms with van der Waals surface area (Å²) in [4.78, 5) is 12.6. The van der Waals surface area contributed by atoms with Gasteiger partial charge in [-0.1, -0.05) is 31.5 Å². The van der Waals surface area contributed by atoms with Crippen LogP contribution in [0, 0.1) is 23.4 Å². The summed E-state index contributed by atoms with van der Waals surface area (Å²) in [6, 6.07) is 13.5. The zero-order valence-corrected chi connectivity index (χ0v) is 20.0. The van der Waals surface area contributed by atoms with Crippen LogP contribution < -0.4 is 9.47 Å². The van der Waals surface area contributed by atoms with Crippen molar-refractivity contribution in [1.82, 2.24) is 0 Å². The third-order valence-electron chi connectivity index (χ3n) is 6.83. The quantitative estimate of drug-likeness (QED) is 0.252. The number of rotatable bonds is 7. The second-order valence-corrected chi connectivity index (χ2v) is 8.95. The third-order valence-corrected chi connectivity index (χ3v) is 6.83. The lowest BCUT2D eigenvalue weighted by Crippen LogP contribution is -2.15. The number of esters is 1. The van der Waals surface area contributed by atoms with Crippen molar-refractivity contribution < 1.29 is 27.4 Å². The van der Waals surface area contributed by atoms with Crippen molar-refractivity contribution in [3.8, 4) is 22.6 Å². The van der Waals surface area contributed by atoms with E-state index in [4.69, 9.17) is 9.47 Å². The molecule has 3 aromatic rings. The summed E-state index contributed by atoms with van der Waals surface area (Å²) in [6.07, 6.45) is 4.78. The number of carbonyl (C=O) groups is 1. The van der Waals surface area contributed by atoms with Crippen molar-refractivity contribution in [2.45, 2.75) is 51.9 Å². The number of benzene rings is 3. The van der Waals surface area contributed by atoms with E-state index < -0.39 is 29.2 Å². The molecule has 0 saturated heterocycles. The van der Waals surface area contributed by atoms with E-state index >= 15 is 0 Å². The molecule has 1 fully saturated rings. The van der Waals surface area contributed by atoms with Crippen LogP contribution in [-0.4, -0.2) is 12.6 Å². The van der Waals surface area contributed by atoms with Gasteiger partial charge in [0.25, 0.3) is 0 Å². The van der Waals surface area contributed by atoms with Crippen molar-refractivity contribution >= 4 is 5.97 Å². The van der Waals surface area contributed by atoms with E-state index in [1.165, 1.54) is 30.3 Å². The first-order chi connectivity index (χ1) is 16.9. The minimum atomic E-state index is -1.15. The smallest absolute Gasteiger partial charge is 0.343 e. The van der Waals surface area contributed by atoms with Crippen molar-refractivity contribution in [3.63, 3.8) is 0 Å². The van der Waals surface area contributed by atoms with Gasteiger partial charge in [-0.15, -0.1) is 0 Å². The highest BCUT2D eigenvalue weighted by Crippen LogP contribution is 2.39. The van der Waals surface area contributed by atoms with E-state index in [9.17, 15) is 18.0 Å². The Morgan fingerprint density at radius 1 is 0.886 bits per heavy atom. The molecule has 35 heavy (non-hydrogen) atoms. The monoisotopic (exact) mass is 482 g/mol. The molecule has 3 nitrogen and oxygen atoms in total. The second-order valence-electron chi connectivity index (χ2n) is 8.95. The first-order valence-electron chi connectivity index (χ1n) is 12.1. The largest absolute Gasteiger partial charge is 0.494 e. The number of hydrogen-bond donors (Lipinski definition) is 0. The summed E-state index contributed by atoms with van der Waals surface area (Å²) >= 11 is 0. The Bertz CT molecular complexity index is 1180. The minimum absolute atomic E-state index is 0.0207. The van der Waals surface area contributed by atoms with Gasteiger partial charge in [-0.25, -0.2) is 13.6 Å². The predicted octanol–water partition coefficient (Wildman–Crippen LogP) is 8.07. The van der Waals surface area contributed by atoms with Gasteiger partial charge in [-0.05, 0) is 85.9 Å². The summed E-state index contributed by atoms with van der Waals surface area (Å²) in [5.41, 5.74) is 1.40. The molecule has 6 heteroatoms. The van der Waals surface area contributed by atoms with Crippen LogP contribution in [0.2, 0.25) is 0 Å². The maximum Gasteiger partial charge on any atom is 0.343 e. The Morgan fingerprint density at radius 2 is 1.60 bits per heavy atom.